The number of nitrogens with two attached hydrogens (primary N) is 1. The van der Waals surface area contributed by atoms with Crippen LogP contribution in [-0.4, -0.2) is 59.4 Å². The number of carbonyl (C=O) groups excluding carboxylic acids is 2. The molecule has 1 radical (unpaired) electrons. The molecule has 0 spiro atoms. The number of aliphatic hydroxyl groups is 1. The Morgan fingerprint density at radius 1 is 1.19 bits per heavy atom. The van der Waals surface area contributed by atoms with Crippen LogP contribution in [0, 0.1) is 12.3 Å². The summed E-state index contributed by atoms with van der Waals surface area (Å²) in [6.07, 6.45) is 8.64. The van der Waals surface area contributed by atoms with E-state index in [4.69, 9.17) is 5.73 Å². The second-order valence-corrected chi connectivity index (χ2v) is 10.2. The molecule has 171 valence electrons. The Hall–Kier alpha value is -2.04. The highest BCUT2D eigenvalue weighted by molar-refractivity contribution is 7.89. The van der Waals surface area contributed by atoms with Gasteiger partial charge in [-0.3, -0.25) is 9.59 Å². The van der Waals surface area contributed by atoms with Crippen LogP contribution in [0.25, 0.3) is 0 Å². The number of amides is 2. The van der Waals surface area contributed by atoms with Gasteiger partial charge in [0.2, 0.25) is 11.8 Å². The first-order valence-corrected chi connectivity index (χ1v) is 12.3. The van der Waals surface area contributed by atoms with E-state index in [0.29, 0.717) is 25.2 Å². The van der Waals surface area contributed by atoms with Crippen molar-refractivity contribution in [2.24, 2.45) is 11.7 Å². The second kappa shape index (κ2) is 10.5. The van der Waals surface area contributed by atoms with E-state index < -0.39 is 34.1 Å². The van der Waals surface area contributed by atoms with Crippen molar-refractivity contribution in [3.05, 3.63) is 30.8 Å². The third kappa shape index (κ3) is 5.81. The molecule has 10 heteroatoms. The van der Waals surface area contributed by atoms with Crippen LogP contribution in [0.4, 0.5) is 0 Å². The maximum Gasteiger partial charge on any atom is 0.261 e. The van der Waals surface area contributed by atoms with E-state index in [1.807, 2.05) is 0 Å². The fourth-order valence-corrected chi connectivity index (χ4v) is 6.04. The number of nitrogens with one attached hydrogen (secondary N) is 1. The average Bonchev–Trinajstić information content (AvgIpc) is 2.93. The molecule has 31 heavy (non-hydrogen) atoms. The highest BCUT2D eigenvalue weighted by Crippen LogP contribution is 2.28. The molecule has 0 aromatic carbocycles. The molecule has 2 heterocycles. The van der Waals surface area contributed by atoms with Crippen LogP contribution in [0.5, 0.6) is 0 Å². The minimum absolute atomic E-state index is 0.0122. The Bertz CT molecular complexity index is 858. The van der Waals surface area contributed by atoms with Crippen LogP contribution in [0.15, 0.2) is 29.4 Å². The van der Waals surface area contributed by atoms with Gasteiger partial charge in [-0.15, -0.1) is 0 Å². The van der Waals surface area contributed by atoms with Crippen molar-refractivity contribution in [1.29, 1.82) is 0 Å². The first kappa shape index (κ1) is 23.6. The minimum atomic E-state index is -4.15. The van der Waals surface area contributed by atoms with Gasteiger partial charge in [-0.1, -0.05) is 38.2 Å². The predicted molar refractivity (Wildman–Crippen MR) is 114 cm³/mol. The molecule has 3 rings (SSSR count). The molecule has 0 bridgehead atoms. The van der Waals surface area contributed by atoms with E-state index in [1.54, 1.807) is 12.5 Å². The number of sulfonamides is 1. The average molecular weight is 452 g/mol. The van der Waals surface area contributed by atoms with Gasteiger partial charge in [-0.25, -0.2) is 13.4 Å². The Morgan fingerprint density at radius 3 is 2.58 bits per heavy atom. The fourth-order valence-electron chi connectivity index (χ4n) is 4.46. The summed E-state index contributed by atoms with van der Waals surface area (Å²) >= 11 is 0. The number of carbonyl (C=O) groups is 2. The molecule has 1 aromatic heterocycles. The molecule has 4 N–H and O–H groups in total. The van der Waals surface area contributed by atoms with Crippen LogP contribution < -0.4 is 11.1 Å². The van der Waals surface area contributed by atoms with E-state index in [-0.39, 0.29) is 17.5 Å². The van der Waals surface area contributed by atoms with Crippen LogP contribution in [-0.2, 0) is 19.6 Å². The van der Waals surface area contributed by atoms with Gasteiger partial charge < -0.3 is 16.2 Å². The Morgan fingerprint density at radius 2 is 1.94 bits per heavy atom. The topological polar surface area (TPSA) is 143 Å². The lowest BCUT2D eigenvalue weighted by Crippen LogP contribution is -2.58. The standard InChI is InChI=1S/C21H31N4O5S/c22-21(28)19-20(27)16(24-17(26)12-11-15-7-2-1-3-8-15)9-6-14-25(19)31(29,30)18-10-4-5-13-23-18/h4-5,10,12-13,15-16,19-20,27H,1-3,6-9,11,14H2,(H2,22,28)(H,24,26)/t16?,19?,20-/m0/s1. The number of aromatic nitrogens is 1. The highest BCUT2D eigenvalue weighted by Gasteiger charge is 2.44. The van der Waals surface area contributed by atoms with Crippen LogP contribution in [0.1, 0.15) is 51.4 Å². The van der Waals surface area contributed by atoms with Crippen molar-refractivity contribution in [3.63, 3.8) is 0 Å². The van der Waals surface area contributed by atoms with Crippen LogP contribution in [0.3, 0.4) is 0 Å². The highest BCUT2D eigenvalue weighted by atomic mass is 32.2. The normalized spacial score (nSPS) is 26.2. The Labute approximate surface area is 183 Å². The first-order valence-electron chi connectivity index (χ1n) is 10.8. The van der Waals surface area contributed by atoms with Crippen molar-refractivity contribution in [3.8, 4) is 0 Å². The Balaban J connectivity index is 1.70. The number of aliphatic hydroxyl groups excluding tert-OH is 1. The predicted octanol–water partition coefficient (Wildman–Crippen LogP) is 0.740. The van der Waals surface area contributed by atoms with E-state index in [0.717, 1.165) is 17.1 Å². The zero-order valence-corrected chi connectivity index (χ0v) is 18.3. The van der Waals surface area contributed by atoms with E-state index in [9.17, 15) is 23.1 Å². The molecule has 1 aliphatic carbocycles. The molecule has 2 unspecified atom stereocenters. The van der Waals surface area contributed by atoms with Crippen molar-refractivity contribution in [2.45, 2.75) is 74.6 Å². The first-order chi connectivity index (χ1) is 14.8. The van der Waals surface area contributed by atoms with Crippen LogP contribution in [0.2, 0.25) is 0 Å². The lowest BCUT2D eigenvalue weighted by molar-refractivity contribution is -0.127. The molecule has 2 aliphatic rings. The third-order valence-corrected chi connectivity index (χ3v) is 7.93. The summed E-state index contributed by atoms with van der Waals surface area (Å²) in [6.45, 7) is -0.0122. The lowest BCUT2D eigenvalue weighted by Gasteiger charge is -2.32. The second-order valence-electron chi connectivity index (χ2n) is 8.32. The number of primary amides is 1. The zero-order valence-electron chi connectivity index (χ0n) is 17.5. The summed E-state index contributed by atoms with van der Waals surface area (Å²) in [5.41, 5.74) is 5.50. The summed E-state index contributed by atoms with van der Waals surface area (Å²) in [7, 11) is -4.15. The van der Waals surface area contributed by atoms with Gasteiger partial charge in [0.15, 0.2) is 5.03 Å². The molecular formula is C21H31N4O5S. The van der Waals surface area contributed by atoms with Gasteiger partial charge in [-0.2, -0.15) is 4.31 Å². The molecule has 1 aliphatic heterocycles. The molecule has 3 atom stereocenters. The summed E-state index contributed by atoms with van der Waals surface area (Å²) in [6, 6.07) is 2.15. The maximum atomic E-state index is 13.1. The largest absolute Gasteiger partial charge is 0.389 e. The molecule has 1 saturated heterocycles. The quantitative estimate of drug-likeness (QED) is 0.558. The van der Waals surface area contributed by atoms with Crippen molar-refractivity contribution >= 4 is 21.8 Å². The van der Waals surface area contributed by atoms with Crippen molar-refractivity contribution < 1.29 is 23.1 Å². The zero-order chi connectivity index (χ0) is 22.4. The minimum Gasteiger partial charge on any atom is -0.389 e. The molecule has 1 aromatic rings. The Kier molecular flexibility index (Phi) is 8.01. The van der Waals surface area contributed by atoms with Gasteiger partial charge in [0.1, 0.15) is 6.04 Å². The maximum absolute atomic E-state index is 13.1. The molecule has 9 nitrogen and oxygen atoms in total. The SMILES string of the molecule is NC(=O)C1[C@@H](O)C(NC(=O)[CH]CC2CCCCC2)CCCN1S(=O)(=O)c1ccccn1. The van der Waals surface area contributed by atoms with Crippen molar-refractivity contribution in [1.82, 2.24) is 14.6 Å². The van der Waals surface area contributed by atoms with E-state index in [1.165, 1.54) is 37.6 Å². The van der Waals surface area contributed by atoms with E-state index >= 15 is 0 Å². The molecule has 2 fully saturated rings. The van der Waals surface area contributed by atoms with Crippen molar-refractivity contribution in [2.75, 3.05) is 6.54 Å². The molecule has 1 saturated carbocycles. The number of nitrogens with zero attached hydrogens (tertiary/aromatic N) is 2. The van der Waals surface area contributed by atoms with Crippen LogP contribution >= 0.6 is 0 Å². The third-order valence-electron chi connectivity index (χ3n) is 6.13. The summed E-state index contributed by atoms with van der Waals surface area (Å²) in [5.74, 6) is -0.797. The summed E-state index contributed by atoms with van der Waals surface area (Å²) in [4.78, 5) is 28.5. The summed E-state index contributed by atoms with van der Waals surface area (Å²) in [5, 5.41) is 13.4. The fraction of sp³-hybridized carbons (Fsp3) is 0.619. The summed E-state index contributed by atoms with van der Waals surface area (Å²) < 4.78 is 27.0. The molecule has 2 amide bonds. The van der Waals surface area contributed by atoms with Gasteiger partial charge in [-0.05, 0) is 37.3 Å². The lowest BCUT2D eigenvalue weighted by atomic mass is 9.86. The smallest absolute Gasteiger partial charge is 0.261 e. The van der Waals surface area contributed by atoms with Gasteiger partial charge in [0.05, 0.1) is 12.1 Å². The van der Waals surface area contributed by atoms with E-state index in [2.05, 4.69) is 10.3 Å². The number of hydrogen-bond acceptors (Lipinski definition) is 6. The monoisotopic (exact) mass is 451 g/mol. The number of pyridine rings is 1. The van der Waals surface area contributed by atoms with Gasteiger partial charge in [0.25, 0.3) is 10.0 Å². The number of rotatable bonds is 7. The molecular weight excluding hydrogens is 420 g/mol. The van der Waals surface area contributed by atoms with Gasteiger partial charge in [0, 0.05) is 19.2 Å². The van der Waals surface area contributed by atoms with Gasteiger partial charge >= 0.3 is 0 Å². The number of hydrogen-bond donors (Lipinski definition) is 3.